The summed E-state index contributed by atoms with van der Waals surface area (Å²) in [6.45, 7) is 15.4. The number of aromatic nitrogens is 2. The number of benzene rings is 1. The van der Waals surface area contributed by atoms with Gasteiger partial charge in [0.15, 0.2) is 17.5 Å². The standard InChI is InChI=1S/C32H44N10O8S2.C2H6.CH2O2/c1-32(2)28(30(44)42(32)50-52(45,46)47)39-29(43)27(25-19-51-31(33)38-25)40-49-11-10-48-23-5-6-24-22(12-23)4-7-26(37-24)36-8-3-9-41(17-20-13-34-14-20)18-21-15-35-16-21;1-2;2-1-3/h4-7,12,19-21,28,34-35H,3,8-11,13-18H2,1-2H3,(H2,33,38)(H,36,37)(H,39,43)(H,45,46,47);1-2H3;1H,(H,2,3)/b40-27-;;. The summed E-state index contributed by atoms with van der Waals surface area (Å²) in [5, 5.41) is 26.6. The number of amides is 2. The van der Waals surface area contributed by atoms with Gasteiger partial charge >= 0.3 is 10.4 Å². The number of carboxylic acid groups (broad SMARTS) is 1. The van der Waals surface area contributed by atoms with Crippen LogP contribution in [0.2, 0.25) is 0 Å². The first-order valence-corrected chi connectivity index (χ1v) is 20.7. The van der Waals surface area contributed by atoms with E-state index in [9.17, 15) is 18.0 Å². The van der Waals surface area contributed by atoms with Crippen molar-refractivity contribution in [1.82, 2.24) is 35.9 Å². The molecule has 3 aliphatic rings. The van der Waals surface area contributed by atoms with Crippen LogP contribution in [0, 0.1) is 11.8 Å². The maximum atomic E-state index is 13.2. The summed E-state index contributed by atoms with van der Waals surface area (Å²) in [5.74, 6) is 1.21. The second-order valence-electron chi connectivity index (χ2n) is 13.6. The summed E-state index contributed by atoms with van der Waals surface area (Å²) in [6.07, 6.45) is 1.04. The van der Waals surface area contributed by atoms with Gasteiger partial charge in [-0.3, -0.25) is 18.9 Å². The Hall–Kier alpha value is -4.71. The Morgan fingerprint density at radius 3 is 2.35 bits per heavy atom. The van der Waals surface area contributed by atoms with E-state index in [0.29, 0.717) is 10.8 Å². The Morgan fingerprint density at radius 1 is 1.12 bits per heavy atom. The van der Waals surface area contributed by atoms with Gasteiger partial charge in [0.2, 0.25) is 0 Å². The molecule has 22 heteroatoms. The molecule has 0 bridgehead atoms. The predicted octanol–water partition coefficient (Wildman–Crippen LogP) is 1.18. The Kier molecular flexibility index (Phi) is 16.7. The SMILES string of the molecule is CC.CC1(C)C(NC(=O)/C(=N\OCCOc2ccc3nc(NCCCN(CC4CNC4)CC4CNC4)ccc3c2)c2csc(N)n2)C(=O)N1OS(=O)(=O)O.O=CO. The van der Waals surface area contributed by atoms with Gasteiger partial charge in [-0.1, -0.05) is 19.0 Å². The van der Waals surface area contributed by atoms with Crippen molar-refractivity contribution in [3.05, 3.63) is 41.4 Å². The molecule has 5 heterocycles. The molecule has 314 valence electrons. The van der Waals surface area contributed by atoms with E-state index in [1.54, 1.807) is 0 Å². The highest BCUT2D eigenvalue weighted by molar-refractivity contribution is 7.80. The second kappa shape index (κ2) is 21.2. The number of nitrogen functional groups attached to an aromatic ring is 1. The number of ether oxygens (including phenoxy) is 1. The number of nitrogens with one attached hydrogen (secondary N) is 4. The first-order chi connectivity index (χ1) is 27.3. The van der Waals surface area contributed by atoms with Crippen LogP contribution in [0.25, 0.3) is 10.9 Å². The summed E-state index contributed by atoms with van der Waals surface area (Å²) in [7, 11) is -4.95. The third kappa shape index (κ3) is 12.9. The van der Waals surface area contributed by atoms with E-state index in [4.69, 9.17) is 34.7 Å². The van der Waals surface area contributed by atoms with E-state index in [2.05, 4.69) is 40.6 Å². The number of oxime groups is 1. The Bertz CT molecular complexity index is 1920. The van der Waals surface area contributed by atoms with Gasteiger partial charge in [0.1, 0.15) is 29.9 Å². The lowest BCUT2D eigenvalue weighted by Gasteiger charge is -2.50. The van der Waals surface area contributed by atoms with Crippen molar-refractivity contribution < 1.29 is 46.3 Å². The van der Waals surface area contributed by atoms with Crippen LogP contribution in [-0.4, -0.2) is 139 Å². The molecule has 0 spiro atoms. The highest BCUT2D eigenvalue weighted by Crippen LogP contribution is 2.33. The third-order valence-electron chi connectivity index (χ3n) is 9.08. The van der Waals surface area contributed by atoms with Crippen molar-refractivity contribution in [2.24, 2.45) is 17.0 Å². The molecule has 2 aromatic heterocycles. The predicted molar refractivity (Wildman–Crippen MR) is 214 cm³/mol. The molecule has 3 aliphatic heterocycles. The van der Waals surface area contributed by atoms with Gasteiger partial charge < -0.3 is 46.6 Å². The monoisotopic (exact) mass is 836 g/mol. The molecule has 3 fully saturated rings. The Morgan fingerprint density at radius 2 is 1.79 bits per heavy atom. The number of nitrogens with zero attached hydrogens (tertiary/aromatic N) is 5. The fourth-order valence-electron chi connectivity index (χ4n) is 6.08. The highest BCUT2D eigenvalue weighted by atomic mass is 32.3. The van der Waals surface area contributed by atoms with Crippen molar-refractivity contribution >= 4 is 67.6 Å². The minimum Gasteiger partial charge on any atom is -0.490 e. The van der Waals surface area contributed by atoms with Crippen LogP contribution >= 0.6 is 11.3 Å². The number of rotatable bonds is 19. The van der Waals surface area contributed by atoms with Crippen LogP contribution in [0.3, 0.4) is 0 Å². The van der Waals surface area contributed by atoms with Gasteiger partial charge in [-0.15, -0.1) is 15.6 Å². The zero-order valence-electron chi connectivity index (χ0n) is 32.3. The molecule has 0 aliphatic carbocycles. The molecule has 57 heavy (non-hydrogen) atoms. The van der Waals surface area contributed by atoms with E-state index >= 15 is 0 Å². The molecule has 3 saturated heterocycles. The summed E-state index contributed by atoms with van der Waals surface area (Å²) >= 11 is 1.07. The fraction of sp³-hybridized carbons (Fsp3) is 0.543. The topological polar surface area (TPSA) is 272 Å². The lowest BCUT2D eigenvalue weighted by Crippen LogP contribution is -2.76. The number of thiazole rings is 1. The summed E-state index contributed by atoms with van der Waals surface area (Å²) in [4.78, 5) is 50.9. The number of anilines is 2. The second-order valence-corrected chi connectivity index (χ2v) is 15.5. The molecule has 0 saturated carbocycles. The van der Waals surface area contributed by atoms with Crippen LogP contribution < -0.4 is 31.7 Å². The number of hydrogen-bond acceptors (Lipinski definition) is 17. The zero-order valence-corrected chi connectivity index (χ0v) is 34.0. The number of hydroxylamine groups is 2. The quantitative estimate of drug-likeness (QED) is 0.0223. The third-order valence-corrected chi connectivity index (χ3v) is 10.1. The van der Waals surface area contributed by atoms with Gasteiger partial charge in [-0.2, -0.15) is 13.5 Å². The van der Waals surface area contributed by atoms with E-state index in [0.717, 1.165) is 98.7 Å². The fourth-order valence-corrected chi connectivity index (χ4v) is 7.08. The first-order valence-electron chi connectivity index (χ1n) is 18.5. The van der Waals surface area contributed by atoms with Crippen LogP contribution in [0.4, 0.5) is 10.9 Å². The van der Waals surface area contributed by atoms with Gasteiger partial charge in [0, 0.05) is 56.6 Å². The molecule has 1 unspecified atom stereocenters. The Labute approximate surface area is 335 Å². The van der Waals surface area contributed by atoms with Gasteiger partial charge in [0.25, 0.3) is 18.3 Å². The molecular formula is C35H52N10O10S2. The molecular weight excluding hydrogens is 785 g/mol. The maximum Gasteiger partial charge on any atom is 0.418 e. The minimum atomic E-state index is -4.95. The van der Waals surface area contributed by atoms with E-state index in [1.807, 2.05) is 44.2 Å². The summed E-state index contributed by atoms with van der Waals surface area (Å²) in [5.41, 5.74) is 5.10. The number of hydrogen-bond donors (Lipinski definition) is 7. The molecule has 6 rings (SSSR count). The van der Waals surface area contributed by atoms with Crippen molar-refractivity contribution in [2.75, 3.05) is 76.6 Å². The maximum absolute atomic E-state index is 13.2. The number of β-lactam (4-membered cyclic amide) rings is 1. The van der Waals surface area contributed by atoms with Crippen molar-refractivity contribution in [3.63, 3.8) is 0 Å². The largest absolute Gasteiger partial charge is 0.490 e. The number of fused-ring (bicyclic) bond motifs is 1. The number of pyridine rings is 1. The molecule has 0 radical (unpaired) electrons. The molecule has 1 aromatic carbocycles. The van der Waals surface area contributed by atoms with Crippen LogP contribution in [0.1, 0.15) is 39.8 Å². The van der Waals surface area contributed by atoms with Crippen LogP contribution in [0.5, 0.6) is 5.75 Å². The molecule has 1 atom stereocenters. The highest BCUT2D eigenvalue weighted by Gasteiger charge is 2.58. The van der Waals surface area contributed by atoms with E-state index in [1.165, 1.54) is 19.2 Å². The van der Waals surface area contributed by atoms with Gasteiger partial charge in [0.05, 0.1) is 11.1 Å². The molecule has 3 aromatic rings. The average Bonchev–Trinajstić information content (AvgIpc) is 3.57. The normalized spacial score (nSPS) is 17.9. The van der Waals surface area contributed by atoms with Crippen molar-refractivity contribution in [3.8, 4) is 5.75 Å². The van der Waals surface area contributed by atoms with E-state index in [-0.39, 0.29) is 36.2 Å². The average molecular weight is 837 g/mol. The smallest absolute Gasteiger partial charge is 0.418 e. The van der Waals surface area contributed by atoms with Crippen molar-refractivity contribution in [1.29, 1.82) is 0 Å². The molecule has 2 amide bonds. The summed E-state index contributed by atoms with van der Waals surface area (Å²) in [6, 6.07) is 8.32. The number of carbonyl (C=O) groups excluding carboxylic acids is 2. The Balaban J connectivity index is 0.00000137. The van der Waals surface area contributed by atoms with Crippen molar-refractivity contribution in [2.45, 2.75) is 45.7 Å². The molecule has 8 N–H and O–H groups in total. The lowest BCUT2D eigenvalue weighted by molar-refractivity contribution is -0.218. The van der Waals surface area contributed by atoms with Crippen LogP contribution in [0.15, 0.2) is 40.9 Å². The number of nitrogens with two attached hydrogens (primary N) is 1. The van der Waals surface area contributed by atoms with E-state index < -0.39 is 33.8 Å². The zero-order chi connectivity index (χ0) is 41.6. The summed E-state index contributed by atoms with van der Waals surface area (Å²) < 4.78 is 41.4. The minimum absolute atomic E-state index is 0.0358. The lowest BCUT2D eigenvalue weighted by atomic mass is 9.84. The van der Waals surface area contributed by atoms with Gasteiger partial charge in [-0.25, -0.2) is 9.97 Å². The molecule has 20 nitrogen and oxygen atoms in total. The van der Waals surface area contributed by atoms with Crippen LogP contribution in [-0.2, 0) is 33.9 Å². The number of carbonyl (C=O) groups is 3. The van der Waals surface area contributed by atoms with Gasteiger partial charge in [-0.05, 0) is 69.0 Å². The first kappa shape index (κ1) is 45.0.